The predicted octanol–water partition coefficient (Wildman–Crippen LogP) is 4.67. The van der Waals surface area contributed by atoms with E-state index >= 15 is 0 Å². The van der Waals surface area contributed by atoms with E-state index in [1.807, 2.05) is 49.4 Å². The van der Waals surface area contributed by atoms with Crippen molar-refractivity contribution >= 4 is 17.3 Å². The summed E-state index contributed by atoms with van der Waals surface area (Å²) in [6.45, 7) is 5.33. The molecule has 1 aromatic heterocycles. The largest absolute Gasteiger partial charge is 0.381 e. The van der Waals surface area contributed by atoms with Crippen LogP contribution in [0.2, 0.25) is 0 Å². The lowest BCUT2D eigenvalue weighted by atomic mass is 10.1. The van der Waals surface area contributed by atoms with Gasteiger partial charge in [0.2, 0.25) is 0 Å². The van der Waals surface area contributed by atoms with E-state index in [1.54, 1.807) is 11.1 Å². The zero-order chi connectivity index (χ0) is 18.4. The van der Waals surface area contributed by atoms with Crippen molar-refractivity contribution in [3.8, 4) is 0 Å². The Morgan fingerprint density at radius 2 is 1.77 bits per heavy atom. The molecule has 0 aliphatic rings. The SMILES string of the molecule is CCN(C(=O)c1cc(NCc2ccc(C)cc2)ccn1)c1ccccc1. The summed E-state index contributed by atoms with van der Waals surface area (Å²) in [5.74, 6) is -0.0994. The van der Waals surface area contributed by atoms with E-state index in [1.165, 1.54) is 11.1 Å². The van der Waals surface area contributed by atoms with Gasteiger partial charge in [-0.3, -0.25) is 9.78 Å². The molecule has 0 saturated carbocycles. The molecule has 4 heteroatoms. The molecule has 2 aromatic carbocycles. The van der Waals surface area contributed by atoms with Gasteiger partial charge in [-0.2, -0.15) is 0 Å². The highest BCUT2D eigenvalue weighted by Gasteiger charge is 2.17. The Morgan fingerprint density at radius 3 is 2.46 bits per heavy atom. The maximum absolute atomic E-state index is 12.9. The molecule has 0 bridgehead atoms. The van der Waals surface area contributed by atoms with Gasteiger partial charge >= 0.3 is 0 Å². The van der Waals surface area contributed by atoms with Gasteiger partial charge in [0.05, 0.1) is 0 Å². The number of hydrogen-bond acceptors (Lipinski definition) is 3. The predicted molar refractivity (Wildman–Crippen MR) is 107 cm³/mol. The second-order valence-electron chi connectivity index (χ2n) is 6.15. The first-order chi connectivity index (χ1) is 12.7. The van der Waals surface area contributed by atoms with Crippen molar-refractivity contribution in [1.29, 1.82) is 0 Å². The van der Waals surface area contributed by atoms with Gasteiger partial charge in [0.25, 0.3) is 5.91 Å². The topological polar surface area (TPSA) is 45.2 Å². The van der Waals surface area contributed by atoms with Crippen LogP contribution in [0, 0.1) is 6.92 Å². The Kier molecular flexibility index (Phi) is 5.64. The first-order valence-electron chi connectivity index (χ1n) is 8.79. The van der Waals surface area contributed by atoms with E-state index < -0.39 is 0 Å². The normalized spacial score (nSPS) is 10.4. The number of carbonyl (C=O) groups excluding carboxylic acids is 1. The van der Waals surface area contributed by atoms with Gasteiger partial charge < -0.3 is 10.2 Å². The van der Waals surface area contributed by atoms with E-state index in [0.717, 1.165) is 11.4 Å². The summed E-state index contributed by atoms with van der Waals surface area (Å²) in [7, 11) is 0. The number of pyridine rings is 1. The van der Waals surface area contributed by atoms with Crippen LogP contribution in [0.4, 0.5) is 11.4 Å². The van der Waals surface area contributed by atoms with Crippen LogP contribution in [0.25, 0.3) is 0 Å². The Bertz CT molecular complexity index is 860. The van der Waals surface area contributed by atoms with Crippen LogP contribution in [0.15, 0.2) is 72.9 Å². The summed E-state index contributed by atoms with van der Waals surface area (Å²) >= 11 is 0. The van der Waals surface area contributed by atoms with Crippen LogP contribution < -0.4 is 10.2 Å². The Balaban J connectivity index is 1.73. The number of anilines is 2. The minimum Gasteiger partial charge on any atom is -0.381 e. The molecular weight excluding hydrogens is 322 g/mol. The number of nitrogens with one attached hydrogen (secondary N) is 1. The van der Waals surface area contributed by atoms with Crippen molar-refractivity contribution < 1.29 is 4.79 Å². The van der Waals surface area contributed by atoms with Crippen LogP contribution in [0.5, 0.6) is 0 Å². The molecule has 3 rings (SSSR count). The van der Waals surface area contributed by atoms with Crippen LogP contribution in [-0.4, -0.2) is 17.4 Å². The number of aryl methyl sites for hydroxylation is 1. The average molecular weight is 345 g/mol. The van der Waals surface area contributed by atoms with Crippen LogP contribution >= 0.6 is 0 Å². The third-order valence-electron chi connectivity index (χ3n) is 4.23. The van der Waals surface area contributed by atoms with Crippen LogP contribution in [0.1, 0.15) is 28.5 Å². The van der Waals surface area contributed by atoms with E-state index in [9.17, 15) is 4.79 Å². The number of rotatable bonds is 6. The maximum Gasteiger partial charge on any atom is 0.276 e. The number of benzene rings is 2. The average Bonchev–Trinajstić information content (AvgIpc) is 2.69. The van der Waals surface area contributed by atoms with E-state index in [2.05, 4.69) is 41.5 Å². The second kappa shape index (κ2) is 8.30. The molecule has 3 aromatic rings. The molecule has 0 aliphatic carbocycles. The van der Waals surface area contributed by atoms with Crippen molar-refractivity contribution in [2.45, 2.75) is 20.4 Å². The Labute approximate surface area is 154 Å². The molecule has 0 spiro atoms. The quantitative estimate of drug-likeness (QED) is 0.706. The molecule has 26 heavy (non-hydrogen) atoms. The standard InChI is InChI=1S/C22H23N3O/c1-3-25(20-7-5-4-6-8-20)22(26)21-15-19(13-14-23-21)24-16-18-11-9-17(2)10-12-18/h4-15H,3,16H2,1-2H3,(H,23,24). The highest BCUT2D eigenvalue weighted by atomic mass is 16.2. The van der Waals surface area contributed by atoms with E-state index in [-0.39, 0.29) is 5.91 Å². The number of aromatic nitrogens is 1. The van der Waals surface area contributed by atoms with Gasteiger partial charge in [-0.15, -0.1) is 0 Å². The number of carbonyl (C=O) groups is 1. The smallest absolute Gasteiger partial charge is 0.276 e. The summed E-state index contributed by atoms with van der Waals surface area (Å²) in [6.07, 6.45) is 1.67. The van der Waals surface area contributed by atoms with Gasteiger partial charge in [0.1, 0.15) is 5.69 Å². The fourth-order valence-electron chi connectivity index (χ4n) is 2.76. The molecule has 0 saturated heterocycles. The number of para-hydroxylation sites is 1. The minimum absolute atomic E-state index is 0.0994. The molecule has 132 valence electrons. The van der Waals surface area contributed by atoms with E-state index in [4.69, 9.17) is 0 Å². The molecule has 0 radical (unpaired) electrons. The van der Waals surface area contributed by atoms with Crippen molar-refractivity contribution in [2.24, 2.45) is 0 Å². The maximum atomic E-state index is 12.9. The molecule has 1 N–H and O–H groups in total. The fraction of sp³-hybridized carbons (Fsp3) is 0.182. The van der Waals surface area contributed by atoms with Gasteiger partial charge in [-0.05, 0) is 43.7 Å². The molecule has 0 fully saturated rings. The van der Waals surface area contributed by atoms with Crippen molar-refractivity contribution in [1.82, 2.24) is 4.98 Å². The highest BCUT2D eigenvalue weighted by molar-refractivity contribution is 6.05. The van der Waals surface area contributed by atoms with Gasteiger partial charge in [0, 0.05) is 30.7 Å². The lowest BCUT2D eigenvalue weighted by Gasteiger charge is -2.20. The molecule has 4 nitrogen and oxygen atoms in total. The summed E-state index contributed by atoms with van der Waals surface area (Å²) < 4.78 is 0. The molecule has 0 aliphatic heterocycles. The number of nitrogens with zero attached hydrogens (tertiary/aromatic N) is 2. The van der Waals surface area contributed by atoms with Gasteiger partial charge in [-0.25, -0.2) is 0 Å². The van der Waals surface area contributed by atoms with Gasteiger partial charge in [0.15, 0.2) is 0 Å². The first-order valence-corrected chi connectivity index (χ1v) is 8.79. The fourth-order valence-corrected chi connectivity index (χ4v) is 2.76. The lowest BCUT2D eigenvalue weighted by molar-refractivity contribution is 0.0983. The zero-order valence-electron chi connectivity index (χ0n) is 15.1. The Hall–Kier alpha value is -3.14. The molecule has 1 amide bonds. The summed E-state index contributed by atoms with van der Waals surface area (Å²) in [5, 5.41) is 3.36. The second-order valence-corrected chi connectivity index (χ2v) is 6.15. The molecular formula is C22H23N3O. The minimum atomic E-state index is -0.0994. The Morgan fingerprint density at radius 1 is 1.04 bits per heavy atom. The van der Waals surface area contributed by atoms with Crippen molar-refractivity contribution in [3.63, 3.8) is 0 Å². The molecule has 0 atom stereocenters. The monoisotopic (exact) mass is 345 g/mol. The third-order valence-corrected chi connectivity index (χ3v) is 4.23. The molecule has 1 heterocycles. The van der Waals surface area contributed by atoms with Crippen molar-refractivity contribution in [2.75, 3.05) is 16.8 Å². The van der Waals surface area contributed by atoms with Crippen LogP contribution in [-0.2, 0) is 6.54 Å². The summed E-state index contributed by atoms with van der Waals surface area (Å²) in [5.41, 5.74) is 4.63. The summed E-state index contributed by atoms with van der Waals surface area (Å²) in [6, 6.07) is 21.7. The number of amides is 1. The first kappa shape index (κ1) is 17.7. The third kappa shape index (κ3) is 4.28. The summed E-state index contributed by atoms with van der Waals surface area (Å²) in [4.78, 5) is 18.9. The molecule has 0 unspecified atom stereocenters. The van der Waals surface area contributed by atoms with Gasteiger partial charge in [-0.1, -0.05) is 48.0 Å². The highest BCUT2D eigenvalue weighted by Crippen LogP contribution is 2.18. The zero-order valence-corrected chi connectivity index (χ0v) is 15.1. The lowest BCUT2D eigenvalue weighted by Crippen LogP contribution is -2.31. The van der Waals surface area contributed by atoms with Crippen molar-refractivity contribution in [3.05, 3.63) is 89.7 Å². The van der Waals surface area contributed by atoms with E-state index in [0.29, 0.717) is 18.8 Å². The number of hydrogen-bond donors (Lipinski definition) is 1. The van der Waals surface area contributed by atoms with Crippen LogP contribution in [0.3, 0.4) is 0 Å².